The molecule has 4 saturated heterocycles. The highest BCUT2D eigenvalue weighted by Gasteiger charge is 2.69. The van der Waals surface area contributed by atoms with Crippen molar-refractivity contribution in [2.75, 3.05) is 0 Å². The number of rotatable bonds is 11. The average molecular weight is 597 g/mol. The molecule has 2 bridgehead atoms. The molecule has 5 fully saturated rings. The Morgan fingerprint density at radius 2 is 1.69 bits per heavy atom. The zero-order valence-corrected chi connectivity index (χ0v) is 25.8. The molecule has 1 saturated carbocycles. The summed E-state index contributed by atoms with van der Waals surface area (Å²) in [5.74, 6) is -3.63. The van der Waals surface area contributed by atoms with Gasteiger partial charge in [0.2, 0.25) is 23.9 Å². The van der Waals surface area contributed by atoms with Crippen LogP contribution in [0.2, 0.25) is 0 Å². The van der Waals surface area contributed by atoms with Crippen molar-refractivity contribution in [3.8, 4) is 0 Å². The Morgan fingerprint density at radius 1 is 0.976 bits per heavy atom. The first-order valence-corrected chi connectivity index (χ1v) is 15.4. The van der Waals surface area contributed by atoms with Crippen molar-refractivity contribution in [2.45, 2.75) is 129 Å². The van der Waals surface area contributed by atoms with Crippen LogP contribution in [0, 0.1) is 35.5 Å². The van der Waals surface area contributed by atoms with E-state index >= 15 is 0 Å². The third kappa shape index (κ3) is 6.61. The number of esters is 1. The molecular weight excluding hydrogens is 548 g/mol. The quantitative estimate of drug-likeness (QED) is 0.239. The molecule has 5 aliphatic rings. The second-order valence-electron chi connectivity index (χ2n) is 13.6. The van der Waals surface area contributed by atoms with E-state index in [9.17, 15) is 24.3 Å². The summed E-state index contributed by atoms with van der Waals surface area (Å²) in [6, 6.07) is -2.01. The summed E-state index contributed by atoms with van der Waals surface area (Å²) in [6.07, 6.45) is 1.73. The molecule has 238 valence electrons. The minimum atomic E-state index is -1.14. The van der Waals surface area contributed by atoms with E-state index in [1.54, 1.807) is 13.8 Å². The van der Waals surface area contributed by atoms with Gasteiger partial charge in [-0.25, -0.2) is 14.6 Å². The summed E-state index contributed by atoms with van der Waals surface area (Å²) in [5.41, 5.74) is -0.767. The van der Waals surface area contributed by atoms with E-state index in [0.717, 1.165) is 19.3 Å². The molecule has 1 aliphatic carbocycles. The largest absolute Gasteiger partial charge is 0.480 e. The molecule has 0 aromatic rings. The lowest BCUT2D eigenvalue weighted by Crippen LogP contribution is -2.70. The number of amides is 2. The second kappa shape index (κ2) is 12.8. The maximum Gasteiger partial charge on any atom is 0.326 e. The van der Waals surface area contributed by atoms with Crippen molar-refractivity contribution in [3.63, 3.8) is 0 Å². The molecule has 3 N–H and O–H groups in total. The van der Waals surface area contributed by atoms with Gasteiger partial charge in [-0.3, -0.25) is 14.4 Å². The molecule has 4 heterocycles. The number of nitrogens with one attached hydrogen (secondary N) is 2. The number of fused-ring (bicyclic) bond motifs is 2. The fraction of sp³-hybridized carbons (Fsp3) is 0.867. The Bertz CT molecular complexity index is 1040. The van der Waals surface area contributed by atoms with Crippen LogP contribution >= 0.6 is 0 Å². The van der Waals surface area contributed by atoms with Gasteiger partial charge in [0.15, 0.2) is 11.9 Å². The Labute approximate surface area is 247 Å². The number of carbonyl (C=O) groups is 4. The van der Waals surface area contributed by atoms with Crippen LogP contribution in [0.15, 0.2) is 0 Å². The van der Waals surface area contributed by atoms with Crippen LogP contribution in [-0.2, 0) is 43.2 Å². The van der Waals surface area contributed by atoms with Gasteiger partial charge in [-0.1, -0.05) is 41.5 Å². The second-order valence-corrected chi connectivity index (χ2v) is 13.6. The summed E-state index contributed by atoms with van der Waals surface area (Å²) in [6.45, 7) is 13.2. The Morgan fingerprint density at radius 3 is 2.33 bits per heavy atom. The van der Waals surface area contributed by atoms with Crippen LogP contribution in [0.25, 0.3) is 0 Å². The summed E-state index contributed by atoms with van der Waals surface area (Å²) in [4.78, 5) is 62.0. The standard InChI is InChI=1S/C30H48N2O10/c1-15(2)14-21(25(35)32-24(16(3)4)26(36)37)31-22(33)10-11-23(34)38-27-18(6)20-9-8-17(5)19-12-13-29(7)40-28(39-27)30(19,20)42-41-29/h15-21,24,27-28H,8-14H2,1-7H3,(H,31,33)(H,32,35)(H,36,37)/t17-,18+,19+,20-,21+,24-,27-,28+,29-,30-/m1/s1. The predicted octanol–water partition coefficient (Wildman–Crippen LogP) is 3.27. The molecule has 12 nitrogen and oxygen atoms in total. The van der Waals surface area contributed by atoms with Gasteiger partial charge in [0.05, 0.1) is 6.42 Å². The molecule has 2 amide bonds. The Balaban J connectivity index is 1.35. The molecular formula is C30H48N2O10. The predicted molar refractivity (Wildman–Crippen MR) is 148 cm³/mol. The highest BCUT2D eigenvalue weighted by Crippen LogP contribution is 2.60. The van der Waals surface area contributed by atoms with Crippen molar-refractivity contribution in [1.82, 2.24) is 10.6 Å². The van der Waals surface area contributed by atoms with Crippen molar-refractivity contribution in [2.24, 2.45) is 35.5 Å². The van der Waals surface area contributed by atoms with Crippen molar-refractivity contribution in [3.05, 3.63) is 0 Å². The zero-order valence-electron chi connectivity index (χ0n) is 25.8. The fourth-order valence-electron chi connectivity index (χ4n) is 7.15. The molecule has 1 spiro atoms. The summed E-state index contributed by atoms with van der Waals surface area (Å²) in [5, 5.41) is 14.6. The average Bonchev–Trinajstić information content (AvgIpc) is 3.13. The third-order valence-electron chi connectivity index (χ3n) is 9.49. The number of hydrogen-bond donors (Lipinski definition) is 3. The smallest absolute Gasteiger partial charge is 0.326 e. The van der Waals surface area contributed by atoms with E-state index < -0.39 is 59.8 Å². The van der Waals surface area contributed by atoms with E-state index in [1.807, 2.05) is 27.7 Å². The first-order chi connectivity index (χ1) is 19.7. The number of carboxylic acid groups (broad SMARTS) is 1. The molecule has 42 heavy (non-hydrogen) atoms. The number of ether oxygens (including phenoxy) is 3. The van der Waals surface area contributed by atoms with E-state index in [1.165, 1.54) is 0 Å². The molecule has 0 aromatic heterocycles. The van der Waals surface area contributed by atoms with Crippen LogP contribution in [-0.4, -0.2) is 64.9 Å². The lowest BCUT2D eigenvalue weighted by Gasteiger charge is -2.59. The summed E-state index contributed by atoms with van der Waals surface area (Å²) < 4.78 is 18.3. The van der Waals surface area contributed by atoms with E-state index in [0.29, 0.717) is 18.8 Å². The first kappa shape index (κ1) is 32.6. The maximum absolute atomic E-state index is 12.9. The minimum absolute atomic E-state index is 0.00281. The van der Waals surface area contributed by atoms with Crippen molar-refractivity contribution >= 4 is 23.8 Å². The van der Waals surface area contributed by atoms with Crippen LogP contribution in [0.4, 0.5) is 0 Å². The van der Waals surface area contributed by atoms with Crippen LogP contribution in [0.3, 0.4) is 0 Å². The minimum Gasteiger partial charge on any atom is -0.480 e. The van der Waals surface area contributed by atoms with Crippen LogP contribution in [0.1, 0.15) is 93.4 Å². The Kier molecular flexibility index (Phi) is 9.91. The van der Waals surface area contributed by atoms with Gasteiger partial charge in [-0.15, -0.1) is 0 Å². The number of hydrogen-bond acceptors (Lipinski definition) is 9. The van der Waals surface area contributed by atoms with Gasteiger partial charge < -0.3 is 30.0 Å². The molecule has 0 unspecified atom stereocenters. The van der Waals surface area contributed by atoms with E-state index in [2.05, 4.69) is 17.6 Å². The van der Waals surface area contributed by atoms with E-state index in [4.69, 9.17) is 24.0 Å². The molecule has 12 heteroatoms. The van der Waals surface area contributed by atoms with Gasteiger partial charge in [0.25, 0.3) is 0 Å². The lowest BCUT2D eigenvalue weighted by atomic mass is 9.58. The molecule has 5 rings (SSSR count). The fourth-order valence-corrected chi connectivity index (χ4v) is 7.15. The molecule has 4 aliphatic heterocycles. The SMILES string of the molecule is CC(C)C[C@H](NC(=O)CCC(=O)O[C@@H]1O[C@H]2O[C@@]3(C)CC[C@H]4[C@H](C)CC[C@H]([C@@H]1C)[C@@]24OO3)C(=O)N[C@@H](C(=O)O)C(C)C. The number of aliphatic carboxylic acids is 1. The monoisotopic (exact) mass is 596 g/mol. The topological polar surface area (TPSA) is 159 Å². The van der Waals surface area contributed by atoms with Gasteiger partial charge in [0.1, 0.15) is 12.1 Å². The highest BCUT2D eigenvalue weighted by molar-refractivity contribution is 5.91. The first-order valence-electron chi connectivity index (χ1n) is 15.4. The zero-order chi connectivity index (χ0) is 31.0. The molecule has 10 atom stereocenters. The Hall–Kier alpha value is -2.28. The maximum atomic E-state index is 12.9. The van der Waals surface area contributed by atoms with Crippen molar-refractivity contribution in [1.29, 1.82) is 0 Å². The third-order valence-corrected chi connectivity index (χ3v) is 9.49. The van der Waals surface area contributed by atoms with Gasteiger partial charge in [-0.2, -0.15) is 0 Å². The molecule has 0 aromatic carbocycles. The highest BCUT2D eigenvalue weighted by atomic mass is 17.3. The van der Waals surface area contributed by atoms with Crippen LogP contribution in [0.5, 0.6) is 0 Å². The van der Waals surface area contributed by atoms with Gasteiger partial charge in [0, 0.05) is 24.7 Å². The lowest BCUT2D eigenvalue weighted by molar-refractivity contribution is -0.576. The molecule has 0 radical (unpaired) electrons. The normalized spacial score (nSPS) is 36.9. The number of carboxylic acids is 1. The van der Waals surface area contributed by atoms with Gasteiger partial charge in [-0.05, 0) is 56.3 Å². The van der Waals surface area contributed by atoms with E-state index in [-0.39, 0.29) is 42.4 Å². The summed E-state index contributed by atoms with van der Waals surface area (Å²) in [7, 11) is 0. The van der Waals surface area contributed by atoms with Gasteiger partial charge >= 0.3 is 11.9 Å². The summed E-state index contributed by atoms with van der Waals surface area (Å²) >= 11 is 0. The number of carbonyl (C=O) groups excluding carboxylic acids is 3. The van der Waals surface area contributed by atoms with Crippen LogP contribution < -0.4 is 10.6 Å². The van der Waals surface area contributed by atoms with Crippen molar-refractivity contribution < 1.29 is 48.3 Å².